The van der Waals surface area contributed by atoms with Crippen molar-refractivity contribution < 1.29 is 36.2 Å². The van der Waals surface area contributed by atoms with Gasteiger partial charge < -0.3 is 19.7 Å². The van der Waals surface area contributed by atoms with Crippen molar-refractivity contribution in [2.45, 2.75) is 31.7 Å². The Morgan fingerprint density at radius 3 is 2.53 bits per heavy atom. The number of ether oxygens (including phenoxy) is 2. The number of benzene rings is 2. The van der Waals surface area contributed by atoms with Crippen LogP contribution in [-0.2, 0) is 16.1 Å². The number of methoxy groups -OCH3 is 1. The summed E-state index contributed by atoms with van der Waals surface area (Å²) < 4.78 is 84.9. The van der Waals surface area contributed by atoms with Crippen LogP contribution in [0.3, 0.4) is 0 Å². The van der Waals surface area contributed by atoms with Gasteiger partial charge in [-0.2, -0.15) is 18.3 Å². The molecule has 1 N–H and O–H groups in total. The molecule has 1 aliphatic rings. The maximum atomic E-state index is 16.0. The van der Waals surface area contributed by atoms with Gasteiger partial charge in [-0.15, -0.1) is 11.3 Å². The minimum Gasteiger partial charge on any atom is -0.490 e. The molecule has 6 rings (SSSR count). The van der Waals surface area contributed by atoms with Crippen LogP contribution in [0, 0.1) is 11.6 Å². The van der Waals surface area contributed by atoms with E-state index in [1.807, 2.05) is 6.92 Å². The van der Waals surface area contributed by atoms with Crippen LogP contribution in [0.1, 0.15) is 30.3 Å². The fourth-order valence-electron chi connectivity index (χ4n) is 6.19. The number of aromatic nitrogens is 3. The summed E-state index contributed by atoms with van der Waals surface area (Å²) in [5.74, 6) is -2.01. The van der Waals surface area contributed by atoms with Crippen LogP contribution < -0.4 is 10.1 Å². The Bertz CT molecular complexity index is 2020. The Labute approximate surface area is 282 Å². The van der Waals surface area contributed by atoms with E-state index in [2.05, 4.69) is 11.9 Å². The molecule has 0 radical (unpaired) electrons. The number of alkyl halides is 3. The number of carbonyl (C=O) groups is 1. The first-order chi connectivity index (χ1) is 23.5. The van der Waals surface area contributed by atoms with Gasteiger partial charge in [-0.3, -0.25) is 9.48 Å². The standard InChI is InChI=1S/C35H32F5N5O3S/c1-5-28(46)44-11-12-45-26(19(44)2)18-25(43-45)32-30(29-24(37)16-22(36)17-27(29)48-14-13-47-4)33-23(10-15-49-33)31(42-32)20-6-8-21(9-7-20)34(41-3)35(38,39)40/h5-10,15-19,34,41H,1,11-14H2,2-4H3/t19-,34+/m1/s1. The van der Waals surface area contributed by atoms with E-state index in [0.717, 1.165) is 12.1 Å². The van der Waals surface area contributed by atoms with Crippen molar-refractivity contribution in [1.82, 2.24) is 25.0 Å². The topological polar surface area (TPSA) is 81.5 Å². The van der Waals surface area contributed by atoms with E-state index in [1.165, 1.54) is 43.7 Å². The lowest BCUT2D eigenvalue weighted by Crippen LogP contribution is -2.40. The zero-order valence-corrected chi connectivity index (χ0v) is 27.6. The molecule has 4 heterocycles. The average Bonchev–Trinajstić information content (AvgIpc) is 3.73. The van der Waals surface area contributed by atoms with E-state index >= 15 is 4.39 Å². The second-order valence-electron chi connectivity index (χ2n) is 11.4. The van der Waals surface area contributed by atoms with Gasteiger partial charge in [0.05, 0.1) is 36.1 Å². The van der Waals surface area contributed by atoms with Crippen LogP contribution in [0.15, 0.2) is 66.6 Å². The second-order valence-corrected chi connectivity index (χ2v) is 12.3. The molecular formula is C35H32F5N5O3S. The van der Waals surface area contributed by atoms with Crippen molar-refractivity contribution in [2.75, 3.05) is 33.9 Å². The predicted molar refractivity (Wildman–Crippen MR) is 177 cm³/mol. The molecule has 256 valence electrons. The third kappa shape index (κ3) is 6.43. The van der Waals surface area contributed by atoms with Crippen LogP contribution in [0.2, 0.25) is 0 Å². The maximum absolute atomic E-state index is 16.0. The lowest BCUT2D eigenvalue weighted by Gasteiger charge is -2.33. The summed E-state index contributed by atoms with van der Waals surface area (Å²) >= 11 is 1.30. The number of hydrogen-bond donors (Lipinski definition) is 1. The number of rotatable bonds is 10. The largest absolute Gasteiger partial charge is 0.490 e. The molecule has 1 amide bonds. The molecule has 8 nitrogen and oxygen atoms in total. The number of halogens is 5. The molecule has 2 aromatic carbocycles. The van der Waals surface area contributed by atoms with Gasteiger partial charge in [0.15, 0.2) is 0 Å². The van der Waals surface area contributed by atoms with Crippen LogP contribution >= 0.6 is 11.3 Å². The lowest BCUT2D eigenvalue weighted by atomic mass is 9.95. The first kappa shape index (κ1) is 34.2. The van der Waals surface area contributed by atoms with Crippen LogP contribution in [-0.4, -0.2) is 65.7 Å². The van der Waals surface area contributed by atoms with Crippen molar-refractivity contribution in [3.8, 4) is 39.5 Å². The van der Waals surface area contributed by atoms with Crippen LogP contribution in [0.25, 0.3) is 43.9 Å². The van der Waals surface area contributed by atoms with E-state index in [0.29, 0.717) is 51.4 Å². The third-order valence-electron chi connectivity index (χ3n) is 8.51. The molecule has 2 atom stereocenters. The molecular weight excluding hydrogens is 665 g/mol. The van der Waals surface area contributed by atoms with E-state index in [4.69, 9.17) is 19.6 Å². The van der Waals surface area contributed by atoms with Gasteiger partial charge in [-0.25, -0.2) is 13.8 Å². The molecule has 0 aliphatic carbocycles. The molecule has 5 aromatic rings. The van der Waals surface area contributed by atoms with Crippen molar-refractivity contribution in [3.05, 3.63) is 89.5 Å². The summed E-state index contributed by atoms with van der Waals surface area (Å²) in [7, 11) is 2.72. The van der Waals surface area contributed by atoms with E-state index in [9.17, 15) is 22.4 Å². The fraction of sp³-hybridized carbons (Fsp3) is 0.286. The third-order valence-corrected chi connectivity index (χ3v) is 9.45. The highest BCUT2D eigenvalue weighted by molar-refractivity contribution is 7.18. The number of thiophene rings is 1. The molecule has 0 fully saturated rings. The van der Waals surface area contributed by atoms with E-state index in [1.54, 1.807) is 39.2 Å². The van der Waals surface area contributed by atoms with Gasteiger partial charge in [-0.1, -0.05) is 30.8 Å². The zero-order valence-electron chi connectivity index (χ0n) is 26.8. The first-order valence-corrected chi connectivity index (χ1v) is 16.2. The highest BCUT2D eigenvalue weighted by Gasteiger charge is 2.39. The van der Waals surface area contributed by atoms with Gasteiger partial charge in [0.1, 0.15) is 41.4 Å². The molecule has 0 unspecified atom stereocenters. The van der Waals surface area contributed by atoms with Crippen molar-refractivity contribution in [2.24, 2.45) is 0 Å². The summed E-state index contributed by atoms with van der Waals surface area (Å²) in [6, 6.07) is 9.11. The number of hydrogen-bond acceptors (Lipinski definition) is 7. The number of nitrogens with zero attached hydrogens (tertiary/aromatic N) is 4. The Hall–Kier alpha value is -4.66. The summed E-state index contributed by atoms with van der Waals surface area (Å²) in [5, 5.41) is 9.54. The van der Waals surface area contributed by atoms with Crippen LogP contribution in [0.4, 0.5) is 22.0 Å². The molecule has 0 spiro atoms. The Balaban J connectivity index is 1.59. The highest BCUT2D eigenvalue weighted by Crippen LogP contribution is 2.47. The summed E-state index contributed by atoms with van der Waals surface area (Å²) in [4.78, 5) is 19.3. The first-order valence-electron chi connectivity index (χ1n) is 15.3. The van der Waals surface area contributed by atoms with Gasteiger partial charge in [0, 0.05) is 47.0 Å². The lowest BCUT2D eigenvalue weighted by molar-refractivity contribution is -0.156. The Morgan fingerprint density at radius 2 is 1.86 bits per heavy atom. The molecule has 0 saturated heterocycles. The quantitative estimate of drug-likeness (QED) is 0.0916. The average molecular weight is 698 g/mol. The molecule has 0 bridgehead atoms. The number of nitrogens with one attached hydrogen (secondary N) is 1. The Kier molecular flexibility index (Phi) is 9.56. The highest BCUT2D eigenvalue weighted by atomic mass is 32.1. The van der Waals surface area contributed by atoms with Gasteiger partial charge in [0.2, 0.25) is 5.91 Å². The van der Waals surface area contributed by atoms with Gasteiger partial charge >= 0.3 is 6.18 Å². The number of pyridine rings is 1. The van der Waals surface area contributed by atoms with Gasteiger partial charge in [0.25, 0.3) is 0 Å². The maximum Gasteiger partial charge on any atom is 0.407 e. The predicted octanol–water partition coefficient (Wildman–Crippen LogP) is 7.71. The molecule has 49 heavy (non-hydrogen) atoms. The molecule has 1 aliphatic heterocycles. The minimum atomic E-state index is -4.50. The van der Waals surface area contributed by atoms with Crippen molar-refractivity contribution >= 4 is 27.3 Å². The summed E-state index contributed by atoms with van der Waals surface area (Å²) in [6.07, 6.45) is -3.25. The molecule has 0 saturated carbocycles. The molecule has 14 heteroatoms. The van der Waals surface area contributed by atoms with E-state index in [-0.39, 0.29) is 47.7 Å². The number of amides is 1. The smallest absolute Gasteiger partial charge is 0.407 e. The summed E-state index contributed by atoms with van der Waals surface area (Å²) in [6.45, 7) is 6.42. The minimum absolute atomic E-state index is 0.0160. The Morgan fingerprint density at radius 1 is 1.10 bits per heavy atom. The fourth-order valence-corrected chi connectivity index (χ4v) is 7.14. The number of fused-ring (bicyclic) bond motifs is 2. The second kappa shape index (κ2) is 13.7. The monoisotopic (exact) mass is 697 g/mol. The normalized spacial score (nSPS) is 15.3. The summed E-state index contributed by atoms with van der Waals surface area (Å²) in [5.41, 5.74) is 2.57. The van der Waals surface area contributed by atoms with Crippen molar-refractivity contribution in [1.29, 1.82) is 0 Å². The van der Waals surface area contributed by atoms with Crippen molar-refractivity contribution in [3.63, 3.8) is 0 Å². The van der Waals surface area contributed by atoms with Gasteiger partial charge in [-0.05, 0) is 43.1 Å². The zero-order chi connectivity index (χ0) is 35.0. The SMILES string of the molecule is C=CC(=O)N1CCn2nc(-c3nc(-c4ccc([C@H](NC)C(F)(F)F)cc4)c4ccsc4c3-c3c(F)cc(F)cc3OCCOC)cc2[C@H]1C. The molecule has 3 aromatic heterocycles. The van der Waals surface area contributed by atoms with E-state index < -0.39 is 23.9 Å². The number of carbonyl (C=O) groups excluding carboxylic acids is 1. The van der Waals surface area contributed by atoms with Crippen LogP contribution in [0.5, 0.6) is 5.75 Å².